The quantitative estimate of drug-likeness (QED) is 0.754. The van der Waals surface area contributed by atoms with E-state index in [1.165, 1.54) is 0 Å². The molecule has 0 N–H and O–H groups in total. The minimum Gasteiger partial charge on any atom is -0.497 e. The lowest BCUT2D eigenvalue weighted by molar-refractivity contribution is 0.415. The van der Waals surface area contributed by atoms with Gasteiger partial charge in [0.15, 0.2) is 0 Å². The van der Waals surface area contributed by atoms with E-state index >= 15 is 0 Å². The maximum Gasteiger partial charge on any atom is 0.126 e. The Morgan fingerprint density at radius 3 is 2.24 bits per heavy atom. The maximum absolute atomic E-state index is 13.6. The summed E-state index contributed by atoms with van der Waals surface area (Å²) in [4.78, 5) is 0. The van der Waals surface area contributed by atoms with E-state index in [1.54, 1.807) is 20.1 Å². The van der Waals surface area contributed by atoms with Crippen LogP contribution in [-0.4, -0.2) is 7.11 Å². The Morgan fingerprint density at radius 2 is 1.65 bits per heavy atom. The van der Waals surface area contributed by atoms with E-state index in [-0.39, 0.29) is 5.82 Å². The molecule has 0 aliphatic heterocycles. The van der Waals surface area contributed by atoms with E-state index < -0.39 is 0 Å². The van der Waals surface area contributed by atoms with E-state index in [9.17, 15) is 4.39 Å². The van der Waals surface area contributed by atoms with Crippen molar-refractivity contribution in [1.29, 1.82) is 0 Å². The van der Waals surface area contributed by atoms with Gasteiger partial charge in [0.05, 0.1) is 7.11 Å². The van der Waals surface area contributed by atoms with Crippen LogP contribution in [0.1, 0.15) is 11.1 Å². The second kappa shape index (κ2) is 4.58. The van der Waals surface area contributed by atoms with Gasteiger partial charge in [0.25, 0.3) is 0 Å². The fraction of sp³-hybridized carbons (Fsp3) is 0.200. The molecule has 0 saturated carbocycles. The molecule has 2 aromatic rings. The monoisotopic (exact) mass is 230 g/mol. The highest BCUT2D eigenvalue weighted by Crippen LogP contribution is 2.28. The largest absolute Gasteiger partial charge is 0.497 e. The lowest BCUT2D eigenvalue weighted by Gasteiger charge is -2.09. The van der Waals surface area contributed by atoms with Crippen LogP contribution in [0.25, 0.3) is 11.1 Å². The number of methoxy groups -OCH3 is 1. The maximum atomic E-state index is 13.6. The molecule has 0 radical (unpaired) electrons. The van der Waals surface area contributed by atoms with Gasteiger partial charge in [-0.3, -0.25) is 0 Å². The summed E-state index contributed by atoms with van der Waals surface area (Å²) >= 11 is 0. The van der Waals surface area contributed by atoms with Gasteiger partial charge in [0.1, 0.15) is 11.6 Å². The molecule has 0 amide bonds. The number of aryl methyl sites for hydroxylation is 1. The van der Waals surface area contributed by atoms with Gasteiger partial charge in [-0.25, -0.2) is 4.39 Å². The molecule has 0 saturated heterocycles. The summed E-state index contributed by atoms with van der Waals surface area (Å²) in [6.45, 7) is 3.70. The molecule has 0 bridgehead atoms. The van der Waals surface area contributed by atoms with Crippen LogP contribution in [0.3, 0.4) is 0 Å². The standard InChI is InChI=1S/C15H15FO/c1-10-8-14(11(2)15(16)9-10)12-4-6-13(17-3)7-5-12/h4-9H,1-3H3. The number of halogens is 1. The average molecular weight is 230 g/mol. The van der Waals surface area contributed by atoms with Gasteiger partial charge in [-0.05, 0) is 54.3 Å². The molecule has 1 nitrogen and oxygen atoms in total. The van der Waals surface area contributed by atoms with Crippen molar-refractivity contribution in [3.8, 4) is 16.9 Å². The van der Waals surface area contributed by atoms with E-state index in [0.29, 0.717) is 5.56 Å². The fourth-order valence-corrected chi connectivity index (χ4v) is 1.88. The summed E-state index contributed by atoms with van der Waals surface area (Å²) in [5.41, 5.74) is 3.55. The SMILES string of the molecule is COc1ccc(-c2cc(C)cc(F)c2C)cc1. The number of hydrogen-bond donors (Lipinski definition) is 0. The summed E-state index contributed by atoms with van der Waals surface area (Å²) in [7, 11) is 1.63. The third-order valence-electron chi connectivity index (χ3n) is 2.89. The third-order valence-corrected chi connectivity index (χ3v) is 2.89. The molecule has 0 aliphatic rings. The lowest BCUT2D eigenvalue weighted by Crippen LogP contribution is -1.90. The van der Waals surface area contributed by atoms with Crippen LogP contribution in [0.4, 0.5) is 4.39 Å². The Kier molecular flexibility index (Phi) is 3.14. The zero-order chi connectivity index (χ0) is 12.4. The van der Waals surface area contributed by atoms with Gasteiger partial charge >= 0.3 is 0 Å². The summed E-state index contributed by atoms with van der Waals surface area (Å²) in [5.74, 6) is 0.648. The van der Waals surface area contributed by atoms with Crippen LogP contribution < -0.4 is 4.74 Å². The highest BCUT2D eigenvalue weighted by molar-refractivity contribution is 5.68. The van der Waals surface area contributed by atoms with Gasteiger partial charge in [-0.2, -0.15) is 0 Å². The van der Waals surface area contributed by atoms with E-state index in [0.717, 1.165) is 22.4 Å². The van der Waals surface area contributed by atoms with Crippen molar-refractivity contribution in [3.63, 3.8) is 0 Å². The summed E-state index contributed by atoms with van der Waals surface area (Å²) in [6.07, 6.45) is 0. The second-order valence-electron chi connectivity index (χ2n) is 4.15. The van der Waals surface area contributed by atoms with Crippen LogP contribution >= 0.6 is 0 Å². The first kappa shape index (κ1) is 11.6. The minimum atomic E-state index is -0.157. The summed E-state index contributed by atoms with van der Waals surface area (Å²) < 4.78 is 18.8. The highest BCUT2D eigenvalue weighted by atomic mass is 19.1. The summed E-state index contributed by atoms with van der Waals surface area (Å²) in [5, 5.41) is 0. The molecule has 88 valence electrons. The summed E-state index contributed by atoms with van der Waals surface area (Å²) in [6, 6.07) is 11.2. The molecule has 0 fully saturated rings. The van der Waals surface area contributed by atoms with Gasteiger partial charge in [0, 0.05) is 0 Å². The highest BCUT2D eigenvalue weighted by Gasteiger charge is 2.07. The molecule has 0 aromatic heterocycles. The van der Waals surface area contributed by atoms with Crippen molar-refractivity contribution in [3.05, 3.63) is 53.3 Å². The molecular formula is C15H15FO. The number of ether oxygens (including phenoxy) is 1. The van der Waals surface area contributed by atoms with Gasteiger partial charge in [0.2, 0.25) is 0 Å². The molecule has 2 heteroatoms. The molecule has 0 atom stereocenters. The molecule has 2 aromatic carbocycles. The van der Waals surface area contributed by atoms with Crippen molar-refractivity contribution in [2.75, 3.05) is 7.11 Å². The molecule has 0 spiro atoms. The molecule has 0 aliphatic carbocycles. The first-order valence-corrected chi connectivity index (χ1v) is 5.53. The Hall–Kier alpha value is -1.83. The zero-order valence-corrected chi connectivity index (χ0v) is 10.3. The van der Waals surface area contributed by atoms with Crippen molar-refractivity contribution in [2.24, 2.45) is 0 Å². The second-order valence-corrected chi connectivity index (χ2v) is 4.15. The number of hydrogen-bond acceptors (Lipinski definition) is 1. The first-order valence-electron chi connectivity index (χ1n) is 5.53. The van der Waals surface area contributed by atoms with E-state index in [2.05, 4.69) is 0 Å². The van der Waals surface area contributed by atoms with Crippen molar-refractivity contribution in [2.45, 2.75) is 13.8 Å². The lowest BCUT2D eigenvalue weighted by atomic mass is 9.98. The Balaban J connectivity index is 2.52. The minimum absolute atomic E-state index is 0.157. The van der Waals surface area contributed by atoms with Gasteiger partial charge < -0.3 is 4.74 Å². The molecule has 17 heavy (non-hydrogen) atoms. The van der Waals surface area contributed by atoms with Crippen LogP contribution in [-0.2, 0) is 0 Å². The zero-order valence-electron chi connectivity index (χ0n) is 10.3. The van der Waals surface area contributed by atoms with Crippen molar-refractivity contribution >= 4 is 0 Å². The predicted molar refractivity (Wildman–Crippen MR) is 67.9 cm³/mol. The Morgan fingerprint density at radius 1 is 1.00 bits per heavy atom. The Labute approximate surface area is 101 Å². The normalized spacial score (nSPS) is 10.4. The van der Waals surface area contributed by atoms with Gasteiger partial charge in [-0.1, -0.05) is 18.2 Å². The van der Waals surface area contributed by atoms with E-state index in [1.807, 2.05) is 37.3 Å². The predicted octanol–water partition coefficient (Wildman–Crippen LogP) is 4.12. The third kappa shape index (κ3) is 2.31. The Bertz CT molecular complexity index is 529. The number of benzene rings is 2. The number of rotatable bonds is 2. The molecule has 0 unspecified atom stereocenters. The molecule has 2 rings (SSSR count). The average Bonchev–Trinajstić information content (AvgIpc) is 2.34. The van der Waals surface area contributed by atoms with E-state index in [4.69, 9.17) is 4.74 Å². The fourth-order valence-electron chi connectivity index (χ4n) is 1.88. The van der Waals surface area contributed by atoms with Crippen LogP contribution in [0.2, 0.25) is 0 Å². The molecular weight excluding hydrogens is 215 g/mol. The van der Waals surface area contributed by atoms with Gasteiger partial charge in [-0.15, -0.1) is 0 Å². The van der Waals surface area contributed by atoms with Crippen molar-refractivity contribution < 1.29 is 9.13 Å². The molecule has 0 heterocycles. The van der Waals surface area contributed by atoms with Crippen molar-refractivity contribution in [1.82, 2.24) is 0 Å². The topological polar surface area (TPSA) is 9.23 Å². The van der Waals surface area contributed by atoms with Crippen LogP contribution in [0.15, 0.2) is 36.4 Å². The van der Waals surface area contributed by atoms with Crippen LogP contribution in [0.5, 0.6) is 5.75 Å². The van der Waals surface area contributed by atoms with Crippen LogP contribution in [0, 0.1) is 19.7 Å². The first-order chi connectivity index (χ1) is 8.11. The smallest absolute Gasteiger partial charge is 0.126 e.